The highest BCUT2D eigenvalue weighted by atomic mass is 79.9. The van der Waals surface area contributed by atoms with E-state index >= 15 is 0 Å². The molecule has 1 aromatic rings. The Morgan fingerprint density at radius 2 is 2.06 bits per heavy atom. The molecule has 0 saturated heterocycles. The highest BCUT2D eigenvalue weighted by molar-refractivity contribution is 9.10. The molecule has 0 atom stereocenters. The Hall–Kier alpha value is -0.540. The van der Waals surface area contributed by atoms with Crippen molar-refractivity contribution in [1.82, 2.24) is 0 Å². The molecular weight excluding hydrogens is 268 g/mol. The number of methoxy groups -OCH3 is 1. The molecule has 0 aromatic heterocycles. The second-order valence-corrected chi connectivity index (χ2v) is 5.09. The summed E-state index contributed by atoms with van der Waals surface area (Å²) in [6.07, 6.45) is 5.47. The Morgan fingerprint density at radius 3 is 2.75 bits per heavy atom. The van der Waals surface area contributed by atoms with Crippen molar-refractivity contribution in [2.24, 2.45) is 0 Å². The Morgan fingerprint density at radius 1 is 1.31 bits per heavy atom. The zero-order valence-electron chi connectivity index (χ0n) is 9.54. The van der Waals surface area contributed by atoms with Crippen molar-refractivity contribution in [3.8, 4) is 5.75 Å². The third-order valence-electron chi connectivity index (χ3n) is 3.02. The van der Waals surface area contributed by atoms with E-state index in [0.717, 1.165) is 15.8 Å². The van der Waals surface area contributed by atoms with Crippen LogP contribution in [0.15, 0.2) is 22.7 Å². The number of ether oxygens (including phenoxy) is 2. The fourth-order valence-corrected chi connectivity index (χ4v) is 2.53. The van der Waals surface area contributed by atoms with Gasteiger partial charge in [-0.05, 0) is 31.0 Å². The normalized spacial score (nSPS) is 16.6. The highest BCUT2D eigenvalue weighted by Crippen LogP contribution is 2.26. The van der Waals surface area contributed by atoms with Crippen LogP contribution in [0.3, 0.4) is 0 Å². The van der Waals surface area contributed by atoms with Crippen LogP contribution in [0.2, 0.25) is 0 Å². The number of rotatable bonds is 4. The lowest BCUT2D eigenvalue weighted by molar-refractivity contribution is 0.0446. The van der Waals surface area contributed by atoms with Crippen LogP contribution in [0.5, 0.6) is 5.75 Å². The second kappa shape index (κ2) is 5.69. The molecule has 3 heteroatoms. The Balaban J connectivity index is 1.98. The topological polar surface area (TPSA) is 18.5 Å². The molecule has 0 spiro atoms. The molecule has 1 fully saturated rings. The molecule has 0 unspecified atom stereocenters. The lowest BCUT2D eigenvalue weighted by Gasteiger charge is -2.13. The van der Waals surface area contributed by atoms with Crippen LogP contribution < -0.4 is 4.74 Å². The van der Waals surface area contributed by atoms with Gasteiger partial charge in [0, 0.05) is 10.0 Å². The molecule has 1 aliphatic carbocycles. The number of hydrogen-bond donors (Lipinski definition) is 0. The average Bonchev–Trinajstić information content (AvgIpc) is 2.79. The van der Waals surface area contributed by atoms with E-state index < -0.39 is 0 Å². The predicted molar refractivity (Wildman–Crippen MR) is 67.7 cm³/mol. The molecule has 2 nitrogen and oxygen atoms in total. The molecule has 0 heterocycles. The molecule has 1 aliphatic rings. The quantitative estimate of drug-likeness (QED) is 0.834. The maximum Gasteiger partial charge on any atom is 0.124 e. The highest BCUT2D eigenvalue weighted by Gasteiger charge is 2.16. The molecular formula is C13H17BrO2. The van der Waals surface area contributed by atoms with E-state index in [0.29, 0.717) is 12.7 Å². The molecule has 0 radical (unpaired) electrons. The van der Waals surface area contributed by atoms with Crippen molar-refractivity contribution in [1.29, 1.82) is 0 Å². The number of benzene rings is 1. The van der Waals surface area contributed by atoms with Crippen molar-refractivity contribution in [3.63, 3.8) is 0 Å². The minimum atomic E-state index is 0.448. The molecule has 0 N–H and O–H groups in total. The minimum Gasteiger partial charge on any atom is -0.496 e. The van der Waals surface area contributed by atoms with Gasteiger partial charge in [-0.2, -0.15) is 0 Å². The van der Waals surface area contributed by atoms with Gasteiger partial charge in [-0.25, -0.2) is 0 Å². The Bertz CT molecular complexity index is 346. The summed E-state index contributed by atoms with van der Waals surface area (Å²) in [4.78, 5) is 0. The lowest BCUT2D eigenvalue weighted by atomic mass is 10.2. The van der Waals surface area contributed by atoms with Gasteiger partial charge in [0.25, 0.3) is 0 Å². The molecule has 0 amide bonds. The monoisotopic (exact) mass is 284 g/mol. The Kier molecular flexibility index (Phi) is 4.24. The molecule has 0 bridgehead atoms. The van der Waals surface area contributed by atoms with Crippen LogP contribution in [0.4, 0.5) is 0 Å². The zero-order valence-corrected chi connectivity index (χ0v) is 11.1. The first kappa shape index (κ1) is 11.9. The largest absolute Gasteiger partial charge is 0.496 e. The van der Waals surface area contributed by atoms with Crippen LogP contribution in [0, 0.1) is 0 Å². The molecule has 16 heavy (non-hydrogen) atoms. The van der Waals surface area contributed by atoms with E-state index in [2.05, 4.69) is 22.0 Å². The molecule has 88 valence electrons. The first-order chi connectivity index (χ1) is 7.79. The average molecular weight is 285 g/mol. The SMILES string of the molecule is COc1ccc(Br)cc1COC1CCCC1. The van der Waals surface area contributed by atoms with Crippen LogP contribution in [-0.4, -0.2) is 13.2 Å². The summed E-state index contributed by atoms with van der Waals surface area (Å²) >= 11 is 3.47. The van der Waals surface area contributed by atoms with Gasteiger partial charge < -0.3 is 9.47 Å². The summed E-state index contributed by atoms with van der Waals surface area (Å²) in [7, 11) is 1.70. The third-order valence-corrected chi connectivity index (χ3v) is 3.51. The predicted octanol–water partition coefficient (Wildman–Crippen LogP) is 3.92. The smallest absolute Gasteiger partial charge is 0.124 e. The number of halogens is 1. The van der Waals surface area contributed by atoms with E-state index in [4.69, 9.17) is 9.47 Å². The Labute approximate surface area is 105 Å². The van der Waals surface area contributed by atoms with Crippen molar-refractivity contribution >= 4 is 15.9 Å². The van der Waals surface area contributed by atoms with Gasteiger partial charge in [-0.1, -0.05) is 28.8 Å². The van der Waals surface area contributed by atoms with Crippen molar-refractivity contribution in [2.45, 2.75) is 38.4 Å². The first-order valence-corrected chi connectivity index (χ1v) is 6.53. The van der Waals surface area contributed by atoms with Gasteiger partial charge in [-0.3, -0.25) is 0 Å². The van der Waals surface area contributed by atoms with E-state index in [1.165, 1.54) is 25.7 Å². The zero-order chi connectivity index (χ0) is 11.4. The number of hydrogen-bond acceptors (Lipinski definition) is 2. The maximum atomic E-state index is 5.89. The third kappa shape index (κ3) is 2.98. The maximum absolute atomic E-state index is 5.89. The summed E-state index contributed by atoms with van der Waals surface area (Å²) in [5.41, 5.74) is 1.11. The molecule has 2 rings (SSSR count). The molecule has 1 aromatic carbocycles. The van der Waals surface area contributed by atoms with Gasteiger partial charge >= 0.3 is 0 Å². The van der Waals surface area contributed by atoms with Gasteiger partial charge in [0.2, 0.25) is 0 Å². The van der Waals surface area contributed by atoms with Crippen LogP contribution in [-0.2, 0) is 11.3 Å². The van der Waals surface area contributed by atoms with E-state index in [1.54, 1.807) is 7.11 Å². The second-order valence-electron chi connectivity index (χ2n) is 4.17. The summed E-state index contributed by atoms with van der Waals surface area (Å²) in [5, 5.41) is 0. The van der Waals surface area contributed by atoms with Crippen LogP contribution in [0.1, 0.15) is 31.2 Å². The summed E-state index contributed by atoms with van der Waals surface area (Å²) in [6, 6.07) is 6.02. The molecule has 1 saturated carbocycles. The van der Waals surface area contributed by atoms with E-state index in [-0.39, 0.29) is 0 Å². The van der Waals surface area contributed by atoms with Crippen molar-refractivity contribution in [2.75, 3.05) is 7.11 Å². The standard InChI is InChI=1S/C13H17BrO2/c1-15-13-7-6-11(14)8-10(13)9-16-12-4-2-3-5-12/h6-8,12H,2-5,9H2,1H3. The van der Waals surface area contributed by atoms with E-state index in [9.17, 15) is 0 Å². The van der Waals surface area contributed by atoms with Crippen LogP contribution >= 0.6 is 15.9 Å². The van der Waals surface area contributed by atoms with Crippen LogP contribution in [0.25, 0.3) is 0 Å². The van der Waals surface area contributed by atoms with Gasteiger partial charge in [-0.15, -0.1) is 0 Å². The van der Waals surface area contributed by atoms with Gasteiger partial charge in [0.1, 0.15) is 5.75 Å². The van der Waals surface area contributed by atoms with Gasteiger partial charge in [0.05, 0.1) is 19.8 Å². The summed E-state index contributed by atoms with van der Waals surface area (Å²) in [5.74, 6) is 0.904. The summed E-state index contributed by atoms with van der Waals surface area (Å²) in [6.45, 7) is 0.646. The first-order valence-electron chi connectivity index (χ1n) is 5.73. The lowest BCUT2D eigenvalue weighted by Crippen LogP contribution is -2.07. The van der Waals surface area contributed by atoms with Crippen molar-refractivity contribution < 1.29 is 9.47 Å². The van der Waals surface area contributed by atoms with Gasteiger partial charge in [0.15, 0.2) is 0 Å². The fourth-order valence-electron chi connectivity index (χ4n) is 2.12. The summed E-state index contributed by atoms with van der Waals surface area (Å²) < 4.78 is 12.3. The minimum absolute atomic E-state index is 0.448. The van der Waals surface area contributed by atoms with E-state index in [1.807, 2.05) is 12.1 Å². The van der Waals surface area contributed by atoms with Crippen molar-refractivity contribution in [3.05, 3.63) is 28.2 Å². The molecule has 0 aliphatic heterocycles. The fraction of sp³-hybridized carbons (Fsp3) is 0.538.